The van der Waals surface area contributed by atoms with Gasteiger partial charge < -0.3 is 19.7 Å². The van der Waals surface area contributed by atoms with Gasteiger partial charge in [0.1, 0.15) is 23.9 Å². The number of ether oxygens (including phenoxy) is 2. The van der Waals surface area contributed by atoms with Crippen LogP contribution in [-0.2, 0) is 6.61 Å². The van der Waals surface area contributed by atoms with Crippen LogP contribution in [0.5, 0.6) is 17.2 Å². The molecule has 2 aromatic heterocycles. The highest BCUT2D eigenvalue weighted by Gasteiger charge is 2.17. The third-order valence-electron chi connectivity index (χ3n) is 3.33. The van der Waals surface area contributed by atoms with Gasteiger partial charge in [-0.25, -0.2) is 9.78 Å². The van der Waals surface area contributed by atoms with Crippen molar-refractivity contribution < 1.29 is 24.5 Å². The average molecular weight is 314 g/mol. The number of aromatic carboxylic acids is 1. The van der Waals surface area contributed by atoms with Gasteiger partial charge in [-0.05, 0) is 30.3 Å². The fourth-order valence-corrected chi connectivity index (χ4v) is 2.20. The standard InChI is InChI=1S/C16H14N2O5/c1-22-12-6-7-18-13(8-12)15(16(20)21)17-14(18)9-23-11-4-2-10(19)3-5-11/h2-8,19H,9H2,1H3,(H,20,21). The second kappa shape index (κ2) is 5.88. The smallest absolute Gasteiger partial charge is 0.356 e. The molecule has 23 heavy (non-hydrogen) atoms. The summed E-state index contributed by atoms with van der Waals surface area (Å²) in [6.45, 7) is 0.0888. The Kier molecular flexibility index (Phi) is 3.76. The molecule has 0 fully saturated rings. The third-order valence-corrected chi connectivity index (χ3v) is 3.33. The van der Waals surface area contributed by atoms with Gasteiger partial charge in [-0.1, -0.05) is 0 Å². The number of nitrogens with zero attached hydrogens (tertiary/aromatic N) is 2. The molecule has 0 aliphatic heterocycles. The van der Waals surface area contributed by atoms with Crippen molar-refractivity contribution in [1.29, 1.82) is 0 Å². The van der Waals surface area contributed by atoms with Crippen LogP contribution in [0.3, 0.4) is 0 Å². The Morgan fingerprint density at radius 3 is 2.61 bits per heavy atom. The van der Waals surface area contributed by atoms with Crippen LogP contribution in [-0.4, -0.2) is 32.7 Å². The molecule has 0 radical (unpaired) electrons. The first-order valence-corrected chi connectivity index (χ1v) is 6.78. The molecular formula is C16H14N2O5. The molecule has 0 amide bonds. The summed E-state index contributed by atoms with van der Waals surface area (Å²) in [5.74, 6) is 0.569. The quantitative estimate of drug-likeness (QED) is 0.751. The van der Waals surface area contributed by atoms with E-state index in [1.54, 1.807) is 34.9 Å². The van der Waals surface area contributed by atoms with Crippen LogP contribution >= 0.6 is 0 Å². The number of hydrogen-bond acceptors (Lipinski definition) is 5. The van der Waals surface area contributed by atoms with Gasteiger partial charge in [-0.15, -0.1) is 0 Å². The highest BCUT2D eigenvalue weighted by molar-refractivity contribution is 5.94. The number of methoxy groups -OCH3 is 1. The van der Waals surface area contributed by atoms with Crippen LogP contribution in [0, 0.1) is 0 Å². The molecule has 118 valence electrons. The molecule has 2 N–H and O–H groups in total. The minimum absolute atomic E-state index is 0.0618. The largest absolute Gasteiger partial charge is 0.508 e. The zero-order chi connectivity index (χ0) is 16.4. The van der Waals surface area contributed by atoms with Crippen molar-refractivity contribution in [1.82, 2.24) is 9.38 Å². The van der Waals surface area contributed by atoms with Gasteiger partial charge in [-0.2, -0.15) is 0 Å². The van der Waals surface area contributed by atoms with E-state index in [-0.39, 0.29) is 18.1 Å². The molecule has 7 nitrogen and oxygen atoms in total. The predicted octanol–water partition coefficient (Wildman–Crippen LogP) is 2.33. The predicted molar refractivity (Wildman–Crippen MR) is 81.1 cm³/mol. The number of aromatic nitrogens is 2. The van der Waals surface area contributed by atoms with Crippen molar-refractivity contribution in [2.75, 3.05) is 7.11 Å². The Morgan fingerprint density at radius 1 is 1.22 bits per heavy atom. The molecule has 7 heteroatoms. The maximum Gasteiger partial charge on any atom is 0.356 e. The Morgan fingerprint density at radius 2 is 1.96 bits per heavy atom. The fraction of sp³-hybridized carbons (Fsp3) is 0.125. The van der Waals surface area contributed by atoms with Crippen molar-refractivity contribution in [3.63, 3.8) is 0 Å². The zero-order valence-corrected chi connectivity index (χ0v) is 12.3. The van der Waals surface area contributed by atoms with E-state index in [1.165, 1.54) is 19.2 Å². The van der Waals surface area contributed by atoms with Gasteiger partial charge in [0.15, 0.2) is 11.5 Å². The summed E-state index contributed by atoms with van der Waals surface area (Å²) < 4.78 is 12.3. The van der Waals surface area contributed by atoms with E-state index >= 15 is 0 Å². The summed E-state index contributed by atoms with van der Waals surface area (Å²) in [6.07, 6.45) is 1.68. The number of fused-ring (bicyclic) bond motifs is 1. The normalized spacial score (nSPS) is 10.7. The number of aromatic hydroxyl groups is 1. The van der Waals surface area contributed by atoms with Crippen LogP contribution in [0.25, 0.3) is 5.52 Å². The van der Waals surface area contributed by atoms with Crippen molar-refractivity contribution in [2.45, 2.75) is 6.61 Å². The molecule has 1 aromatic carbocycles. The molecule has 2 heterocycles. The second-order valence-electron chi connectivity index (χ2n) is 4.79. The van der Waals surface area contributed by atoms with Crippen LogP contribution in [0.2, 0.25) is 0 Å². The monoisotopic (exact) mass is 314 g/mol. The topological polar surface area (TPSA) is 93.3 Å². The molecule has 0 aliphatic carbocycles. The van der Waals surface area contributed by atoms with Gasteiger partial charge in [-0.3, -0.25) is 4.40 Å². The number of carbonyl (C=O) groups is 1. The van der Waals surface area contributed by atoms with E-state index in [1.807, 2.05) is 0 Å². The van der Waals surface area contributed by atoms with Crippen molar-refractivity contribution >= 4 is 11.5 Å². The van der Waals surface area contributed by atoms with E-state index in [9.17, 15) is 15.0 Å². The van der Waals surface area contributed by atoms with Crippen LogP contribution in [0.4, 0.5) is 0 Å². The first kappa shape index (κ1) is 14.7. The summed E-state index contributed by atoms with van der Waals surface area (Å²) in [5.41, 5.74) is 0.370. The van der Waals surface area contributed by atoms with E-state index in [0.717, 1.165) is 0 Å². The van der Waals surface area contributed by atoms with Gasteiger partial charge >= 0.3 is 5.97 Å². The Hall–Kier alpha value is -3.22. The van der Waals surface area contributed by atoms with E-state index < -0.39 is 5.97 Å². The van der Waals surface area contributed by atoms with E-state index in [2.05, 4.69) is 4.98 Å². The van der Waals surface area contributed by atoms with E-state index in [0.29, 0.717) is 22.8 Å². The molecule has 0 spiro atoms. The van der Waals surface area contributed by atoms with Crippen molar-refractivity contribution in [3.8, 4) is 17.2 Å². The highest BCUT2D eigenvalue weighted by atomic mass is 16.5. The number of hydrogen-bond donors (Lipinski definition) is 2. The molecule has 0 saturated carbocycles. The number of rotatable bonds is 5. The van der Waals surface area contributed by atoms with Crippen molar-refractivity contribution in [3.05, 3.63) is 54.1 Å². The van der Waals surface area contributed by atoms with Gasteiger partial charge in [0.05, 0.1) is 12.6 Å². The Balaban J connectivity index is 1.94. The lowest BCUT2D eigenvalue weighted by atomic mass is 10.3. The number of pyridine rings is 1. The number of carboxylic acids is 1. The van der Waals surface area contributed by atoms with Gasteiger partial charge in [0.25, 0.3) is 0 Å². The summed E-state index contributed by atoms with van der Waals surface area (Å²) in [5, 5.41) is 18.5. The number of carboxylic acid groups (broad SMARTS) is 1. The zero-order valence-electron chi connectivity index (χ0n) is 12.3. The van der Waals surface area contributed by atoms with Crippen LogP contribution in [0.1, 0.15) is 16.3 Å². The maximum absolute atomic E-state index is 11.4. The minimum Gasteiger partial charge on any atom is -0.508 e. The second-order valence-corrected chi connectivity index (χ2v) is 4.79. The first-order valence-electron chi connectivity index (χ1n) is 6.78. The lowest BCUT2D eigenvalue weighted by Crippen LogP contribution is -2.01. The lowest BCUT2D eigenvalue weighted by molar-refractivity contribution is 0.0693. The number of phenolic OH excluding ortho intramolecular Hbond substituents is 1. The number of imidazole rings is 1. The maximum atomic E-state index is 11.4. The van der Waals surface area contributed by atoms with Crippen molar-refractivity contribution in [2.24, 2.45) is 0 Å². The summed E-state index contributed by atoms with van der Waals surface area (Å²) in [6, 6.07) is 9.57. The number of benzene rings is 1. The third kappa shape index (κ3) is 2.89. The average Bonchev–Trinajstić information content (AvgIpc) is 2.92. The molecular weight excluding hydrogens is 300 g/mol. The van der Waals surface area contributed by atoms with Crippen LogP contribution < -0.4 is 9.47 Å². The summed E-state index contributed by atoms with van der Waals surface area (Å²) in [7, 11) is 1.51. The fourth-order valence-electron chi connectivity index (χ4n) is 2.20. The van der Waals surface area contributed by atoms with Crippen LogP contribution in [0.15, 0.2) is 42.6 Å². The van der Waals surface area contributed by atoms with Gasteiger partial charge in [0, 0.05) is 12.3 Å². The first-order chi connectivity index (χ1) is 11.1. The number of phenols is 1. The summed E-state index contributed by atoms with van der Waals surface area (Å²) in [4.78, 5) is 15.5. The highest BCUT2D eigenvalue weighted by Crippen LogP contribution is 2.21. The summed E-state index contributed by atoms with van der Waals surface area (Å²) >= 11 is 0. The molecule has 3 rings (SSSR count). The Bertz CT molecular complexity index is 855. The molecule has 3 aromatic rings. The molecule has 0 bridgehead atoms. The SMILES string of the molecule is COc1ccn2c(COc3ccc(O)cc3)nc(C(=O)O)c2c1. The Labute approximate surface area is 131 Å². The van der Waals surface area contributed by atoms with Gasteiger partial charge in [0.2, 0.25) is 0 Å². The molecule has 0 aliphatic rings. The molecule has 0 saturated heterocycles. The molecule has 0 atom stereocenters. The molecule has 0 unspecified atom stereocenters. The van der Waals surface area contributed by atoms with E-state index in [4.69, 9.17) is 9.47 Å². The lowest BCUT2D eigenvalue weighted by Gasteiger charge is -2.06. The minimum atomic E-state index is -1.12.